The molecule has 45 heteroatoms. The molecule has 640 valence electrons. The van der Waals surface area contributed by atoms with Crippen molar-refractivity contribution in [2.75, 3.05) is 159 Å². The van der Waals surface area contributed by atoms with Gasteiger partial charge >= 0.3 is 59.7 Å². The van der Waals surface area contributed by atoms with Gasteiger partial charge in [0, 0.05) is 90.5 Å². The van der Waals surface area contributed by atoms with Crippen LogP contribution >= 0.6 is 35.2 Å². The van der Waals surface area contributed by atoms with E-state index in [2.05, 4.69) is 26.2 Å². The number of hydrogen-bond donors (Lipinski definition) is 1. The average Bonchev–Trinajstić information content (AvgIpc) is 1.26. The first-order valence-corrected chi connectivity index (χ1v) is 38.3. The molecular weight excluding hydrogens is 1570 g/mol. The molecule has 3 saturated heterocycles. The lowest BCUT2D eigenvalue weighted by Crippen LogP contribution is -2.54. The summed E-state index contributed by atoms with van der Waals surface area (Å²) in [6.45, 7) is 30.8. The number of esters is 10. The van der Waals surface area contributed by atoms with Crippen molar-refractivity contribution in [1.82, 2.24) is 40.9 Å². The number of nitrogens with zero attached hydrogens (tertiary/aromatic N) is 12. The molecule has 3 fully saturated rings. The minimum Gasteiger partial charge on any atom is -0.470 e. The number of morpholine rings is 3. The van der Waals surface area contributed by atoms with Crippen LogP contribution in [-0.2, 0) is 124 Å². The van der Waals surface area contributed by atoms with Gasteiger partial charge in [0.2, 0.25) is 17.5 Å². The van der Waals surface area contributed by atoms with E-state index in [9.17, 15) is 67.4 Å². The van der Waals surface area contributed by atoms with Gasteiger partial charge in [-0.15, -0.1) is 13.1 Å². The van der Waals surface area contributed by atoms with Crippen LogP contribution in [0.2, 0.25) is 0 Å². The van der Waals surface area contributed by atoms with E-state index in [0.29, 0.717) is 96.4 Å². The normalized spacial score (nSPS) is 15.5. The van der Waals surface area contributed by atoms with E-state index in [4.69, 9.17) is 75.8 Å². The van der Waals surface area contributed by atoms with E-state index in [1.807, 2.05) is 14.7 Å². The zero-order valence-corrected chi connectivity index (χ0v) is 69.9. The molecule has 3 aliphatic rings. The topological polar surface area (TPSA) is 487 Å². The van der Waals surface area contributed by atoms with Crippen molar-refractivity contribution in [3.8, 4) is 17.6 Å². The Morgan fingerprint density at radius 3 is 1.02 bits per heavy atom. The first kappa shape index (κ1) is 96.8. The first-order chi connectivity index (χ1) is 53.4. The zero-order chi connectivity index (χ0) is 85.2. The Kier molecular flexibility index (Phi) is 40.2. The molecule has 42 nitrogen and oxygen atoms in total. The highest BCUT2D eigenvalue weighted by Gasteiger charge is 2.38. The summed E-state index contributed by atoms with van der Waals surface area (Å²) in [5.74, 6) is -6.87. The number of carbonyl (C=O) groups excluding carboxylic acids is 13. The van der Waals surface area contributed by atoms with Crippen molar-refractivity contribution >= 4 is 130 Å². The van der Waals surface area contributed by atoms with Crippen LogP contribution < -0.4 is 28.9 Å². The second kappa shape index (κ2) is 47.3. The summed E-state index contributed by atoms with van der Waals surface area (Å²) in [4.78, 5) is 166. The molecule has 3 aromatic heterocycles. The van der Waals surface area contributed by atoms with Crippen molar-refractivity contribution in [2.24, 2.45) is 0 Å². The second-order valence-corrected chi connectivity index (χ2v) is 30.0. The van der Waals surface area contributed by atoms with Gasteiger partial charge in [0.15, 0.2) is 63.1 Å². The predicted molar refractivity (Wildman–Crippen MR) is 400 cm³/mol. The van der Waals surface area contributed by atoms with Crippen LogP contribution in [0.1, 0.15) is 125 Å². The van der Waals surface area contributed by atoms with E-state index >= 15 is 0 Å². The highest BCUT2D eigenvalue weighted by atomic mass is 32.1. The molecule has 0 saturated carbocycles. The Labute approximate surface area is 672 Å². The first-order valence-electron chi connectivity index (χ1n) is 36.1. The fourth-order valence-electron chi connectivity index (χ4n) is 10.1. The van der Waals surface area contributed by atoms with Gasteiger partial charge in [-0.2, -0.15) is 13.1 Å². The maximum absolute atomic E-state index is 13.2. The summed E-state index contributed by atoms with van der Waals surface area (Å²) >= 11 is 2.91. The fraction of sp³-hybridized carbons (Fsp3) is 0.725. The van der Waals surface area contributed by atoms with E-state index in [0.717, 1.165) is 35.2 Å². The Bertz CT molecular complexity index is 3640. The van der Waals surface area contributed by atoms with E-state index in [-0.39, 0.29) is 57.1 Å². The van der Waals surface area contributed by atoms with Crippen molar-refractivity contribution in [2.45, 2.75) is 184 Å². The molecule has 6 heterocycles. The number of aromatic nitrogens is 6. The molecule has 0 spiro atoms. The second-order valence-electron chi connectivity index (χ2n) is 28.4. The number of anilines is 3. The maximum Gasteiger partial charge on any atom is 0.347 e. The number of ether oxygens (including phenoxy) is 16. The van der Waals surface area contributed by atoms with Gasteiger partial charge in [-0.05, 0) is 90.0 Å². The third kappa shape index (κ3) is 35.0. The Hall–Kier alpha value is -9.57. The monoisotopic (exact) mass is 1680 g/mol. The largest absolute Gasteiger partial charge is 0.470 e. The van der Waals surface area contributed by atoms with Crippen LogP contribution in [0, 0.1) is 0 Å². The third-order valence-electron chi connectivity index (χ3n) is 15.7. The summed E-state index contributed by atoms with van der Waals surface area (Å²) in [6.07, 6.45) is -8.05. The van der Waals surface area contributed by atoms with Crippen LogP contribution in [0.15, 0.2) is 0 Å². The highest BCUT2D eigenvalue weighted by Crippen LogP contribution is 2.31. The number of rotatable bonds is 36. The lowest BCUT2D eigenvalue weighted by Gasteiger charge is -2.39. The molecule has 1 N–H and O–H groups in total. The van der Waals surface area contributed by atoms with Gasteiger partial charge in [0.25, 0.3) is 35.4 Å². The van der Waals surface area contributed by atoms with Crippen LogP contribution in [0.5, 0.6) is 17.6 Å². The smallest absolute Gasteiger partial charge is 0.347 e. The molecule has 0 aromatic carbocycles. The summed E-state index contributed by atoms with van der Waals surface area (Å²) in [7, 11) is 0. The standard InChI is InChI=1S/C25H38N4O12S.C23H36N4O9S.C21H32N4O9S/c1-15(30)23(34)40-16(2)24(35)39-14-20(33)41-18(11-29(25(4,5)6)19(32)13-37-17(3)31)12-38-22-21(26-42-27-22)28-7-9-36-10-8-28;1-14(34-16(3)28)21(30)27(23(5,6)7)12-18(36-22(31)15(2)35-17(4)29)13-33-20-19(24-37-25-20)26-8-10-32-11-9-26;1-14(26)31-12-17(28)25(21(3,4)5)10-16(34-18(29)13-32-15(2)27)11-33-20-19(22-35-23-20)24-6-8-30-9-7-24/h15-16,18,30H,7-14H2,1-6H3;14-15,18H,8-13H2,1-7H3;16H,6-13H2,1-5H3/t15?,16?,18-;14?,15?,18-;16-/m000/s1. The van der Waals surface area contributed by atoms with Crippen LogP contribution in [0.3, 0.4) is 0 Å². The molecule has 6 rings (SSSR count). The number of aliphatic hydroxyl groups excluding tert-OH is 1. The molecule has 7 atom stereocenters. The Morgan fingerprint density at radius 1 is 0.386 bits per heavy atom. The zero-order valence-electron chi connectivity index (χ0n) is 67.5. The number of hydrogen-bond acceptors (Lipinski definition) is 42. The maximum atomic E-state index is 13.2. The van der Waals surface area contributed by atoms with Crippen LogP contribution in [-0.4, -0.2) is 328 Å². The third-order valence-corrected chi connectivity index (χ3v) is 17.2. The molecule has 3 aliphatic heterocycles. The highest BCUT2D eigenvalue weighted by molar-refractivity contribution is 7.00. The quantitative estimate of drug-likeness (QED) is 0.0633. The minimum absolute atomic E-state index is 0.0696. The Balaban J connectivity index is 0.000000362. The van der Waals surface area contributed by atoms with Gasteiger partial charge in [-0.1, -0.05) is 0 Å². The van der Waals surface area contributed by atoms with Gasteiger partial charge in [-0.25, -0.2) is 24.0 Å². The molecule has 3 aromatic rings. The van der Waals surface area contributed by atoms with Crippen LogP contribution in [0.25, 0.3) is 0 Å². The van der Waals surface area contributed by atoms with Crippen molar-refractivity contribution in [3.63, 3.8) is 0 Å². The molecule has 3 amide bonds. The van der Waals surface area contributed by atoms with E-state index in [1.165, 1.54) is 77.0 Å². The average molecular weight is 1680 g/mol. The van der Waals surface area contributed by atoms with Crippen molar-refractivity contribution < 1.29 is 143 Å². The van der Waals surface area contributed by atoms with Gasteiger partial charge in [-0.3, -0.25) is 38.4 Å². The summed E-state index contributed by atoms with van der Waals surface area (Å²) in [6, 6.07) is 0. The summed E-state index contributed by atoms with van der Waals surface area (Å²) < 4.78 is 110. The minimum atomic E-state index is -1.45. The molecule has 0 aliphatic carbocycles. The van der Waals surface area contributed by atoms with Crippen molar-refractivity contribution in [1.29, 1.82) is 0 Å². The summed E-state index contributed by atoms with van der Waals surface area (Å²) in [5.41, 5.74) is -2.20. The van der Waals surface area contributed by atoms with Crippen molar-refractivity contribution in [3.05, 3.63) is 0 Å². The molecule has 0 radical (unpaired) electrons. The lowest BCUT2D eigenvalue weighted by atomic mass is 10.0. The molecule has 4 unspecified atom stereocenters. The predicted octanol–water partition coefficient (Wildman–Crippen LogP) is 1.33. The lowest BCUT2D eigenvalue weighted by molar-refractivity contribution is -0.176. The molecule has 114 heavy (non-hydrogen) atoms. The molecule has 0 bridgehead atoms. The summed E-state index contributed by atoms with van der Waals surface area (Å²) in [5, 5.41) is 9.23. The van der Waals surface area contributed by atoms with Gasteiger partial charge < -0.3 is 110 Å². The molecular formula is C69H106N12O30S3. The fourth-order valence-corrected chi connectivity index (χ4v) is 11.7. The van der Waals surface area contributed by atoms with E-state index < -0.39 is 163 Å². The van der Waals surface area contributed by atoms with Crippen LogP contribution in [0.4, 0.5) is 17.5 Å². The number of carbonyl (C=O) groups is 13. The number of aliphatic hydroxyl groups is 1. The Morgan fingerprint density at radius 2 is 0.693 bits per heavy atom. The van der Waals surface area contributed by atoms with Gasteiger partial charge in [0.1, 0.15) is 25.9 Å². The SMILES string of the molecule is CC(=O)OC(C)C(=O)O[C@H](COc1nsnc1N1CCOCC1)CN(C(=O)C(C)OC(C)=O)C(C)(C)C.CC(=O)OCC(=O)N(C[C@@H](COc1nsnc1N1CCOCC1)OC(=O)COC(=O)C(C)OC(=O)C(C)O)C(C)(C)C.CC(=O)OCC(=O)O[C@H](COc1nsnc1N1CCOCC1)CN(C(=O)COC(C)=O)C(C)(C)C. The van der Waals surface area contributed by atoms with Gasteiger partial charge in [0.05, 0.1) is 94.5 Å². The number of amides is 3. The van der Waals surface area contributed by atoms with E-state index in [1.54, 1.807) is 62.3 Å².